The maximum atomic E-state index is 12.2. The van der Waals surface area contributed by atoms with E-state index in [1.807, 2.05) is 6.92 Å². The molecule has 0 bridgehead atoms. The quantitative estimate of drug-likeness (QED) is 0.771. The smallest absolute Gasteiger partial charge is 0.316 e. The van der Waals surface area contributed by atoms with Crippen LogP contribution in [0.15, 0.2) is 12.1 Å². The molecule has 0 unspecified atom stereocenters. The number of benzene rings is 1. The number of ether oxygens (including phenoxy) is 1. The minimum atomic E-state index is -0.675. The number of rotatable bonds is 1. The highest BCUT2D eigenvalue weighted by atomic mass is 16.5. The number of hydrogen-bond donors (Lipinski definition) is 2. The Morgan fingerprint density at radius 1 is 1.47 bits per heavy atom. The number of primary amides is 1. The summed E-state index contributed by atoms with van der Waals surface area (Å²) in [5.41, 5.74) is 6.20. The molecule has 2 aliphatic rings. The Hall–Kier alpha value is -2.04. The molecule has 3 N–H and O–H groups in total. The summed E-state index contributed by atoms with van der Waals surface area (Å²) < 4.78 is 5.65. The molecule has 1 aliphatic carbocycles. The summed E-state index contributed by atoms with van der Waals surface area (Å²) in [6.45, 7) is 1.82. The van der Waals surface area contributed by atoms with Crippen LogP contribution in [0.5, 0.6) is 5.75 Å². The van der Waals surface area contributed by atoms with Crippen LogP contribution in [0, 0.1) is 6.92 Å². The van der Waals surface area contributed by atoms with Gasteiger partial charge in [-0.3, -0.25) is 4.79 Å². The van der Waals surface area contributed by atoms with E-state index in [0.29, 0.717) is 17.0 Å². The molecule has 1 saturated carbocycles. The zero-order valence-corrected chi connectivity index (χ0v) is 9.37. The van der Waals surface area contributed by atoms with Crippen molar-refractivity contribution < 1.29 is 14.3 Å². The van der Waals surface area contributed by atoms with Gasteiger partial charge in [0.1, 0.15) is 5.75 Å². The normalized spacial score (nSPS) is 18.8. The van der Waals surface area contributed by atoms with Gasteiger partial charge in [0, 0.05) is 0 Å². The van der Waals surface area contributed by atoms with Crippen LogP contribution in [0.1, 0.15) is 28.8 Å². The fourth-order valence-electron chi connectivity index (χ4n) is 2.21. The minimum Gasteiger partial charge on any atom is -0.478 e. The van der Waals surface area contributed by atoms with Crippen LogP contribution in [-0.4, -0.2) is 17.4 Å². The summed E-state index contributed by atoms with van der Waals surface area (Å²) in [6, 6.07) is 2.90. The molecule has 88 valence electrons. The Bertz CT molecular complexity index is 547. The van der Waals surface area contributed by atoms with Crippen LogP contribution in [0.4, 0.5) is 10.5 Å². The first-order valence-corrected chi connectivity index (χ1v) is 5.47. The van der Waals surface area contributed by atoms with Crippen LogP contribution in [0.2, 0.25) is 0 Å². The number of ketones is 1. The van der Waals surface area contributed by atoms with E-state index in [4.69, 9.17) is 10.5 Å². The standard InChI is InChI=1S/C12H12N2O3/c1-6-2-3-7-8(9(6)14-11(13)16)10(15)12(17-7)4-5-12/h2-3H,4-5H2,1H3,(H3,13,14,16). The first kappa shape index (κ1) is 10.1. The first-order valence-electron chi connectivity index (χ1n) is 5.47. The van der Waals surface area contributed by atoms with Crippen molar-refractivity contribution in [3.63, 3.8) is 0 Å². The predicted octanol–water partition coefficient (Wildman–Crippen LogP) is 1.59. The lowest BCUT2D eigenvalue weighted by Gasteiger charge is -2.09. The molecule has 1 aromatic rings. The molecule has 1 heterocycles. The van der Waals surface area contributed by atoms with Gasteiger partial charge in [0.2, 0.25) is 5.78 Å². The third-order valence-corrected chi connectivity index (χ3v) is 3.27. The maximum absolute atomic E-state index is 12.2. The molecule has 0 atom stereocenters. The minimum absolute atomic E-state index is 0.0417. The van der Waals surface area contributed by atoms with Gasteiger partial charge < -0.3 is 15.8 Å². The van der Waals surface area contributed by atoms with Gasteiger partial charge in [0.15, 0.2) is 5.60 Å². The zero-order chi connectivity index (χ0) is 12.2. The van der Waals surface area contributed by atoms with E-state index < -0.39 is 11.6 Å². The van der Waals surface area contributed by atoms with Crippen molar-refractivity contribution in [2.24, 2.45) is 5.73 Å². The monoisotopic (exact) mass is 232 g/mol. The van der Waals surface area contributed by atoms with Gasteiger partial charge in [0.25, 0.3) is 0 Å². The highest BCUT2D eigenvalue weighted by Crippen LogP contribution is 2.52. The van der Waals surface area contributed by atoms with Gasteiger partial charge in [-0.1, -0.05) is 6.07 Å². The van der Waals surface area contributed by atoms with E-state index >= 15 is 0 Å². The Kier molecular flexibility index (Phi) is 1.79. The van der Waals surface area contributed by atoms with Crippen LogP contribution >= 0.6 is 0 Å². The summed E-state index contributed by atoms with van der Waals surface area (Å²) in [6.07, 6.45) is 1.49. The van der Waals surface area contributed by atoms with Gasteiger partial charge in [-0.05, 0) is 31.4 Å². The summed E-state index contributed by atoms with van der Waals surface area (Å²) in [5.74, 6) is 0.502. The van der Waals surface area contributed by atoms with E-state index in [1.54, 1.807) is 12.1 Å². The van der Waals surface area contributed by atoms with Crippen LogP contribution in [0.25, 0.3) is 0 Å². The molecule has 3 rings (SSSR count). The molecule has 1 fully saturated rings. The van der Waals surface area contributed by atoms with Gasteiger partial charge in [-0.15, -0.1) is 0 Å². The number of nitrogens with two attached hydrogens (primary N) is 1. The second kappa shape index (κ2) is 3.00. The molecular formula is C12H12N2O3. The Labute approximate surface area is 97.9 Å². The Balaban J connectivity index is 2.14. The van der Waals surface area contributed by atoms with E-state index in [-0.39, 0.29) is 5.78 Å². The number of aryl methyl sites for hydroxylation is 1. The molecule has 0 saturated heterocycles. The first-order chi connectivity index (χ1) is 8.03. The second-order valence-electron chi connectivity index (χ2n) is 4.55. The SMILES string of the molecule is Cc1ccc2c(c1NC(N)=O)C(=O)C1(CC1)O2. The van der Waals surface area contributed by atoms with Crippen molar-refractivity contribution in [2.75, 3.05) is 5.32 Å². The topological polar surface area (TPSA) is 81.4 Å². The number of Topliss-reactive ketones (excluding diaryl/α,β-unsaturated/α-hetero) is 1. The lowest BCUT2D eigenvalue weighted by atomic mass is 10.0. The fraction of sp³-hybridized carbons (Fsp3) is 0.333. The van der Waals surface area contributed by atoms with Crippen molar-refractivity contribution in [3.8, 4) is 5.75 Å². The summed E-state index contributed by atoms with van der Waals surface area (Å²) in [4.78, 5) is 23.2. The second-order valence-corrected chi connectivity index (χ2v) is 4.55. The molecule has 17 heavy (non-hydrogen) atoms. The maximum Gasteiger partial charge on any atom is 0.316 e. The molecule has 0 radical (unpaired) electrons. The number of carbonyl (C=O) groups excluding carboxylic acids is 2. The van der Waals surface area contributed by atoms with E-state index in [2.05, 4.69) is 5.32 Å². The van der Waals surface area contributed by atoms with E-state index in [0.717, 1.165) is 18.4 Å². The highest BCUT2D eigenvalue weighted by molar-refractivity contribution is 6.15. The molecule has 5 heteroatoms. The van der Waals surface area contributed by atoms with Crippen LogP contribution < -0.4 is 15.8 Å². The van der Waals surface area contributed by atoms with Gasteiger partial charge in [0.05, 0.1) is 11.3 Å². The third kappa shape index (κ3) is 1.32. The van der Waals surface area contributed by atoms with E-state index in [1.165, 1.54) is 0 Å². The fourth-order valence-corrected chi connectivity index (χ4v) is 2.21. The molecular weight excluding hydrogens is 220 g/mol. The summed E-state index contributed by atoms with van der Waals surface area (Å²) in [7, 11) is 0. The average Bonchev–Trinajstić information content (AvgIpc) is 2.96. The lowest BCUT2D eigenvalue weighted by molar-refractivity contribution is 0.0821. The molecule has 2 amide bonds. The largest absolute Gasteiger partial charge is 0.478 e. The van der Waals surface area contributed by atoms with Crippen molar-refractivity contribution in [3.05, 3.63) is 23.3 Å². The zero-order valence-electron chi connectivity index (χ0n) is 9.37. The molecule has 0 aromatic heterocycles. The van der Waals surface area contributed by atoms with Crippen molar-refractivity contribution in [1.82, 2.24) is 0 Å². The third-order valence-electron chi connectivity index (χ3n) is 3.27. The number of nitrogens with one attached hydrogen (secondary N) is 1. The molecule has 1 spiro atoms. The number of carbonyl (C=O) groups is 2. The number of amides is 2. The summed E-state index contributed by atoms with van der Waals surface area (Å²) >= 11 is 0. The van der Waals surface area contributed by atoms with Crippen molar-refractivity contribution in [1.29, 1.82) is 0 Å². The Morgan fingerprint density at radius 3 is 2.76 bits per heavy atom. The number of fused-ring (bicyclic) bond motifs is 1. The molecule has 1 aliphatic heterocycles. The van der Waals surface area contributed by atoms with Crippen LogP contribution in [0.3, 0.4) is 0 Å². The Morgan fingerprint density at radius 2 is 2.18 bits per heavy atom. The number of urea groups is 1. The summed E-state index contributed by atoms with van der Waals surface area (Å²) in [5, 5.41) is 2.51. The predicted molar refractivity (Wildman–Crippen MR) is 61.3 cm³/mol. The van der Waals surface area contributed by atoms with Gasteiger partial charge in [-0.2, -0.15) is 0 Å². The molecule has 1 aromatic carbocycles. The number of anilines is 1. The lowest BCUT2D eigenvalue weighted by Crippen LogP contribution is -2.24. The van der Waals surface area contributed by atoms with Crippen molar-refractivity contribution >= 4 is 17.5 Å². The van der Waals surface area contributed by atoms with Gasteiger partial charge in [-0.25, -0.2) is 4.79 Å². The van der Waals surface area contributed by atoms with E-state index in [9.17, 15) is 9.59 Å². The van der Waals surface area contributed by atoms with Crippen molar-refractivity contribution in [2.45, 2.75) is 25.4 Å². The average molecular weight is 232 g/mol. The highest BCUT2D eigenvalue weighted by Gasteiger charge is 2.58. The molecule has 5 nitrogen and oxygen atoms in total. The number of hydrogen-bond acceptors (Lipinski definition) is 3. The van der Waals surface area contributed by atoms with Crippen LogP contribution in [-0.2, 0) is 0 Å². The van der Waals surface area contributed by atoms with Gasteiger partial charge >= 0.3 is 6.03 Å².